The molecule has 0 saturated carbocycles. The molecule has 6 nitrogen and oxygen atoms in total. The zero-order valence-corrected chi connectivity index (χ0v) is 13.5. The summed E-state index contributed by atoms with van der Waals surface area (Å²) in [6.45, 7) is 4.63. The van der Waals surface area contributed by atoms with Crippen molar-refractivity contribution in [1.82, 2.24) is 20.5 Å². The lowest BCUT2D eigenvalue weighted by molar-refractivity contribution is -0.120. The number of thiazole rings is 1. The summed E-state index contributed by atoms with van der Waals surface area (Å²) in [5, 5.41) is 12.3. The first kappa shape index (κ1) is 14.5. The van der Waals surface area contributed by atoms with Gasteiger partial charge in [0, 0.05) is 6.54 Å². The number of thioether (sulfide) groups is 1. The van der Waals surface area contributed by atoms with Crippen LogP contribution in [0.1, 0.15) is 30.0 Å². The largest absolute Gasteiger partial charge is 0.410 e. The highest BCUT2D eigenvalue weighted by Gasteiger charge is 2.25. The van der Waals surface area contributed by atoms with Gasteiger partial charge in [-0.15, -0.1) is 21.5 Å². The summed E-state index contributed by atoms with van der Waals surface area (Å²) in [6.07, 6.45) is 2.90. The highest BCUT2D eigenvalue weighted by molar-refractivity contribution is 8.00. The first-order valence-corrected chi connectivity index (χ1v) is 8.55. The molecule has 0 aliphatic carbocycles. The van der Waals surface area contributed by atoms with Gasteiger partial charge in [0.25, 0.3) is 11.1 Å². The standard InChI is InChI=1S/C13H16N4O2S2/c1-7-10(20-8(2)15-7)12-16-17-13(19-12)21-9-5-3-4-6-14-11(9)18/h9H,3-6H2,1-2H3,(H,14,18). The number of rotatable bonds is 3. The lowest BCUT2D eigenvalue weighted by Gasteiger charge is -2.08. The molecule has 2 aromatic rings. The Kier molecular flexibility index (Phi) is 4.25. The van der Waals surface area contributed by atoms with E-state index in [0.717, 1.165) is 41.4 Å². The molecule has 1 unspecified atom stereocenters. The molecule has 112 valence electrons. The van der Waals surface area contributed by atoms with E-state index in [0.29, 0.717) is 11.1 Å². The molecular formula is C13H16N4O2S2. The van der Waals surface area contributed by atoms with Crippen LogP contribution in [-0.2, 0) is 4.79 Å². The van der Waals surface area contributed by atoms with Gasteiger partial charge in [0.2, 0.25) is 5.91 Å². The van der Waals surface area contributed by atoms with Crippen LogP contribution in [-0.4, -0.2) is 32.9 Å². The first-order valence-electron chi connectivity index (χ1n) is 6.86. The predicted molar refractivity (Wildman–Crippen MR) is 81.4 cm³/mol. The molecule has 0 aromatic carbocycles. The molecule has 1 N–H and O–H groups in total. The fraction of sp³-hybridized carbons (Fsp3) is 0.538. The van der Waals surface area contributed by atoms with Crippen LogP contribution in [0.15, 0.2) is 9.64 Å². The summed E-state index contributed by atoms with van der Waals surface area (Å²) in [5.74, 6) is 0.539. The van der Waals surface area contributed by atoms with Crippen molar-refractivity contribution in [2.45, 2.75) is 43.6 Å². The Balaban J connectivity index is 1.75. The molecule has 3 heterocycles. The third-order valence-corrected chi connectivity index (χ3v) is 5.39. The summed E-state index contributed by atoms with van der Waals surface area (Å²) < 4.78 is 5.69. The maximum atomic E-state index is 11.9. The van der Waals surface area contributed by atoms with Crippen molar-refractivity contribution in [3.63, 3.8) is 0 Å². The van der Waals surface area contributed by atoms with Crippen molar-refractivity contribution < 1.29 is 9.21 Å². The van der Waals surface area contributed by atoms with Crippen molar-refractivity contribution in [3.8, 4) is 10.8 Å². The van der Waals surface area contributed by atoms with Crippen LogP contribution in [0.5, 0.6) is 0 Å². The van der Waals surface area contributed by atoms with Crippen molar-refractivity contribution in [1.29, 1.82) is 0 Å². The molecule has 8 heteroatoms. The Morgan fingerprint density at radius 2 is 2.19 bits per heavy atom. The van der Waals surface area contributed by atoms with Crippen LogP contribution in [0.4, 0.5) is 0 Å². The lowest BCUT2D eigenvalue weighted by Crippen LogP contribution is -2.30. The minimum atomic E-state index is -0.148. The Hall–Kier alpha value is -1.41. The van der Waals surface area contributed by atoms with Crippen molar-refractivity contribution >= 4 is 29.0 Å². The van der Waals surface area contributed by atoms with E-state index in [2.05, 4.69) is 20.5 Å². The van der Waals surface area contributed by atoms with E-state index in [1.807, 2.05) is 13.8 Å². The van der Waals surface area contributed by atoms with Gasteiger partial charge in [0.15, 0.2) is 0 Å². The quantitative estimate of drug-likeness (QED) is 0.934. The van der Waals surface area contributed by atoms with Crippen LogP contribution in [0.3, 0.4) is 0 Å². The van der Waals surface area contributed by atoms with E-state index < -0.39 is 0 Å². The molecule has 3 rings (SSSR count). The molecule has 1 aliphatic heterocycles. The fourth-order valence-electron chi connectivity index (χ4n) is 2.22. The van der Waals surface area contributed by atoms with E-state index in [-0.39, 0.29) is 11.2 Å². The third-order valence-electron chi connectivity index (χ3n) is 3.23. The highest BCUT2D eigenvalue weighted by Crippen LogP contribution is 2.32. The number of hydrogen-bond donors (Lipinski definition) is 1. The first-order chi connectivity index (χ1) is 10.1. The predicted octanol–water partition coefficient (Wildman–Crippen LogP) is 2.57. The van der Waals surface area contributed by atoms with E-state index in [1.54, 1.807) is 0 Å². The normalized spacial score (nSPS) is 19.3. The number of nitrogens with zero attached hydrogens (tertiary/aromatic N) is 3. The van der Waals surface area contributed by atoms with Gasteiger partial charge in [-0.05, 0) is 26.7 Å². The third kappa shape index (κ3) is 3.26. The molecule has 2 aromatic heterocycles. The molecule has 0 spiro atoms. The zero-order valence-electron chi connectivity index (χ0n) is 11.9. The Labute approximate surface area is 130 Å². The number of aryl methyl sites for hydroxylation is 2. The second-order valence-corrected chi connectivity index (χ2v) is 7.27. The maximum Gasteiger partial charge on any atom is 0.277 e. The van der Waals surface area contributed by atoms with Crippen molar-refractivity contribution in [2.24, 2.45) is 0 Å². The van der Waals surface area contributed by atoms with E-state index in [4.69, 9.17) is 4.42 Å². The number of amides is 1. The van der Waals surface area contributed by atoms with E-state index >= 15 is 0 Å². The minimum Gasteiger partial charge on any atom is -0.410 e. The van der Waals surface area contributed by atoms with Crippen LogP contribution >= 0.6 is 23.1 Å². The van der Waals surface area contributed by atoms with Crippen LogP contribution in [0.2, 0.25) is 0 Å². The minimum absolute atomic E-state index is 0.0575. The maximum absolute atomic E-state index is 11.9. The van der Waals surface area contributed by atoms with Gasteiger partial charge in [-0.2, -0.15) is 0 Å². The van der Waals surface area contributed by atoms with Crippen LogP contribution in [0.25, 0.3) is 10.8 Å². The SMILES string of the molecule is Cc1nc(C)c(-c2nnc(SC3CCCCNC3=O)o2)s1. The van der Waals surface area contributed by atoms with Gasteiger partial charge in [0.1, 0.15) is 4.88 Å². The molecule has 1 aliphatic rings. The second-order valence-electron chi connectivity index (χ2n) is 4.91. The van der Waals surface area contributed by atoms with E-state index in [1.165, 1.54) is 23.1 Å². The number of carbonyl (C=O) groups excluding carboxylic acids is 1. The molecule has 21 heavy (non-hydrogen) atoms. The smallest absolute Gasteiger partial charge is 0.277 e. The molecule has 1 fully saturated rings. The molecule has 1 amide bonds. The second kappa shape index (κ2) is 6.15. The number of carbonyl (C=O) groups is 1. The van der Waals surface area contributed by atoms with Gasteiger partial charge < -0.3 is 9.73 Å². The number of aromatic nitrogens is 3. The van der Waals surface area contributed by atoms with Gasteiger partial charge in [0.05, 0.1) is 16.0 Å². The highest BCUT2D eigenvalue weighted by atomic mass is 32.2. The average Bonchev–Trinajstić information content (AvgIpc) is 2.97. The van der Waals surface area contributed by atoms with Crippen molar-refractivity contribution in [2.75, 3.05) is 6.54 Å². The summed E-state index contributed by atoms with van der Waals surface area (Å²) in [4.78, 5) is 17.2. The summed E-state index contributed by atoms with van der Waals surface area (Å²) in [6, 6.07) is 0. The molecule has 0 radical (unpaired) electrons. The Bertz CT molecular complexity index is 652. The lowest BCUT2D eigenvalue weighted by atomic mass is 10.2. The van der Waals surface area contributed by atoms with Gasteiger partial charge in [-0.1, -0.05) is 18.2 Å². The topological polar surface area (TPSA) is 80.9 Å². The number of nitrogens with one attached hydrogen (secondary N) is 1. The van der Waals surface area contributed by atoms with E-state index in [9.17, 15) is 4.79 Å². The van der Waals surface area contributed by atoms with Gasteiger partial charge in [-0.25, -0.2) is 4.98 Å². The number of hydrogen-bond acceptors (Lipinski definition) is 7. The Morgan fingerprint density at radius 1 is 1.33 bits per heavy atom. The average molecular weight is 324 g/mol. The van der Waals surface area contributed by atoms with Crippen LogP contribution in [0, 0.1) is 13.8 Å². The molecular weight excluding hydrogens is 308 g/mol. The summed E-state index contributed by atoms with van der Waals surface area (Å²) >= 11 is 2.88. The molecule has 0 bridgehead atoms. The zero-order chi connectivity index (χ0) is 14.8. The fourth-order valence-corrected chi connectivity index (χ4v) is 4.00. The van der Waals surface area contributed by atoms with Crippen LogP contribution < -0.4 is 5.32 Å². The van der Waals surface area contributed by atoms with Gasteiger partial charge in [-0.3, -0.25) is 4.79 Å². The monoisotopic (exact) mass is 324 g/mol. The summed E-state index contributed by atoms with van der Waals surface area (Å²) in [5.41, 5.74) is 0.893. The summed E-state index contributed by atoms with van der Waals surface area (Å²) in [7, 11) is 0. The molecule has 1 atom stereocenters. The Morgan fingerprint density at radius 3 is 2.95 bits per heavy atom. The van der Waals surface area contributed by atoms with Gasteiger partial charge >= 0.3 is 0 Å². The molecule has 1 saturated heterocycles. The van der Waals surface area contributed by atoms with Crippen molar-refractivity contribution in [3.05, 3.63) is 10.7 Å².